The molecule has 0 saturated carbocycles. The van der Waals surface area contributed by atoms with Gasteiger partial charge in [-0.1, -0.05) is 12.1 Å². The largest absolute Gasteiger partial charge is 0.497 e. The molecule has 7 nitrogen and oxygen atoms in total. The lowest BCUT2D eigenvalue weighted by molar-refractivity contribution is -0.126. The molecule has 1 aliphatic heterocycles. The van der Waals surface area contributed by atoms with E-state index in [-0.39, 0.29) is 24.2 Å². The second-order valence-electron chi connectivity index (χ2n) is 6.03. The van der Waals surface area contributed by atoms with Gasteiger partial charge in [0, 0.05) is 32.3 Å². The van der Waals surface area contributed by atoms with Gasteiger partial charge in [0.15, 0.2) is 0 Å². The lowest BCUT2D eigenvalue weighted by atomic mass is 10.1. The first-order chi connectivity index (χ1) is 12.1. The number of methoxy groups -OCH3 is 1. The van der Waals surface area contributed by atoms with Crippen molar-refractivity contribution in [3.05, 3.63) is 42.2 Å². The molecule has 1 aromatic heterocycles. The summed E-state index contributed by atoms with van der Waals surface area (Å²) in [6, 6.07) is 7.52. The van der Waals surface area contributed by atoms with Crippen molar-refractivity contribution < 1.29 is 14.3 Å². The van der Waals surface area contributed by atoms with Gasteiger partial charge in [0.1, 0.15) is 5.75 Å². The summed E-state index contributed by atoms with van der Waals surface area (Å²) in [6.07, 6.45) is 3.72. The number of carbonyl (C=O) groups is 2. The second kappa shape index (κ2) is 7.38. The Morgan fingerprint density at radius 1 is 1.36 bits per heavy atom. The Hall–Kier alpha value is -2.83. The number of nitrogens with zero attached hydrogens (tertiary/aromatic N) is 3. The molecule has 1 atom stereocenters. The molecule has 7 heteroatoms. The van der Waals surface area contributed by atoms with Crippen molar-refractivity contribution in [2.45, 2.75) is 26.4 Å². The van der Waals surface area contributed by atoms with E-state index in [1.54, 1.807) is 22.9 Å². The van der Waals surface area contributed by atoms with Gasteiger partial charge in [-0.2, -0.15) is 5.10 Å². The van der Waals surface area contributed by atoms with E-state index in [0.717, 1.165) is 23.5 Å². The van der Waals surface area contributed by atoms with E-state index in [4.69, 9.17) is 4.74 Å². The minimum atomic E-state index is -0.337. The van der Waals surface area contributed by atoms with E-state index in [9.17, 15) is 9.59 Å². The molecule has 25 heavy (non-hydrogen) atoms. The average Bonchev–Trinajstić information content (AvgIpc) is 3.26. The van der Waals surface area contributed by atoms with Gasteiger partial charge >= 0.3 is 0 Å². The maximum atomic E-state index is 12.4. The fraction of sp³-hybridized carbons (Fsp3) is 0.389. The number of carbonyl (C=O) groups excluding carboxylic acids is 2. The predicted octanol–water partition coefficient (Wildman–Crippen LogP) is 1.58. The third-order valence-corrected chi connectivity index (χ3v) is 4.38. The van der Waals surface area contributed by atoms with E-state index >= 15 is 0 Å². The van der Waals surface area contributed by atoms with Crippen LogP contribution in [0.15, 0.2) is 36.7 Å². The van der Waals surface area contributed by atoms with Crippen molar-refractivity contribution >= 4 is 17.5 Å². The van der Waals surface area contributed by atoms with Crippen LogP contribution in [-0.4, -0.2) is 35.2 Å². The minimum absolute atomic E-state index is 0.0414. The molecule has 2 aromatic rings. The van der Waals surface area contributed by atoms with Crippen molar-refractivity contribution in [3.63, 3.8) is 0 Å². The van der Waals surface area contributed by atoms with Crippen molar-refractivity contribution in [1.29, 1.82) is 0 Å². The zero-order chi connectivity index (χ0) is 17.8. The first kappa shape index (κ1) is 17.0. The molecule has 0 spiro atoms. The molecule has 1 aliphatic rings. The van der Waals surface area contributed by atoms with Crippen LogP contribution in [0.1, 0.15) is 18.9 Å². The van der Waals surface area contributed by atoms with E-state index in [0.29, 0.717) is 13.1 Å². The lowest BCUT2D eigenvalue weighted by Gasteiger charge is -2.14. The highest BCUT2D eigenvalue weighted by Crippen LogP contribution is 2.25. The van der Waals surface area contributed by atoms with Crippen LogP contribution in [-0.2, 0) is 22.7 Å². The molecule has 0 bridgehead atoms. The molecule has 3 rings (SSSR count). The van der Waals surface area contributed by atoms with E-state index in [1.165, 1.54) is 0 Å². The Kier molecular flexibility index (Phi) is 5.02. The summed E-state index contributed by atoms with van der Waals surface area (Å²) in [5, 5.41) is 7.09. The van der Waals surface area contributed by atoms with Crippen LogP contribution in [0.5, 0.6) is 5.75 Å². The Morgan fingerprint density at radius 2 is 2.12 bits per heavy atom. The van der Waals surface area contributed by atoms with Crippen LogP contribution >= 0.6 is 0 Å². The number of ether oxygens (including phenoxy) is 1. The number of hydrogen-bond acceptors (Lipinski definition) is 4. The van der Waals surface area contributed by atoms with Crippen LogP contribution in [0.2, 0.25) is 0 Å². The number of hydrogen-bond donors (Lipinski definition) is 1. The SMILES string of the molecule is CCn1cc(N2C[C@H](C(=O)NCc3ccc(OC)cc3)CC2=O)cn1. The third-order valence-electron chi connectivity index (χ3n) is 4.38. The van der Waals surface area contributed by atoms with Gasteiger partial charge < -0.3 is 15.0 Å². The molecule has 0 unspecified atom stereocenters. The van der Waals surface area contributed by atoms with Gasteiger partial charge in [-0.05, 0) is 24.6 Å². The van der Waals surface area contributed by atoms with E-state index in [1.807, 2.05) is 37.4 Å². The van der Waals surface area contributed by atoms with Gasteiger partial charge in [-0.25, -0.2) is 0 Å². The fourth-order valence-electron chi connectivity index (χ4n) is 2.87. The van der Waals surface area contributed by atoms with Crippen LogP contribution in [0, 0.1) is 5.92 Å². The number of rotatable bonds is 6. The van der Waals surface area contributed by atoms with Gasteiger partial charge in [-0.15, -0.1) is 0 Å². The van der Waals surface area contributed by atoms with Crippen LogP contribution in [0.25, 0.3) is 0 Å². The number of amides is 2. The summed E-state index contributed by atoms with van der Waals surface area (Å²) in [5.41, 5.74) is 1.73. The molecule has 132 valence electrons. The number of aryl methyl sites for hydroxylation is 1. The highest BCUT2D eigenvalue weighted by molar-refractivity contribution is 6.00. The van der Waals surface area contributed by atoms with Crippen molar-refractivity contribution in [1.82, 2.24) is 15.1 Å². The molecule has 2 heterocycles. The van der Waals surface area contributed by atoms with E-state index < -0.39 is 0 Å². The minimum Gasteiger partial charge on any atom is -0.497 e. The van der Waals surface area contributed by atoms with Crippen molar-refractivity contribution in [2.24, 2.45) is 5.92 Å². The average molecular weight is 342 g/mol. The summed E-state index contributed by atoms with van der Waals surface area (Å²) in [7, 11) is 1.61. The standard InChI is InChI=1S/C18H22N4O3/c1-3-21-12-15(10-20-21)22-11-14(8-17(22)23)18(24)19-9-13-4-6-16(25-2)7-5-13/h4-7,10,12,14H,3,8-9,11H2,1-2H3,(H,19,24)/t14-/m1/s1. The number of anilines is 1. The van der Waals surface area contributed by atoms with Gasteiger partial charge in [0.05, 0.1) is 24.9 Å². The van der Waals surface area contributed by atoms with Gasteiger partial charge in [0.25, 0.3) is 0 Å². The summed E-state index contributed by atoms with van der Waals surface area (Å²) in [4.78, 5) is 26.3. The molecular formula is C18H22N4O3. The fourth-order valence-corrected chi connectivity index (χ4v) is 2.87. The maximum Gasteiger partial charge on any atom is 0.227 e. The maximum absolute atomic E-state index is 12.4. The summed E-state index contributed by atoms with van der Waals surface area (Å²) in [6.45, 7) is 3.55. The van der Waals surface area contributed by atoms with Crippen molar-refractivity contribution in [3.8, 4) is 5.75 Å². The Bertz CT molecular complexity index is 754. The Labute approximate surface area is 146 Å². The molecule has 1 saturated heterocycles. The second-order valence-corrected chi connectivity index (χ2v) is 6.03. The van der Waals surface area contributed by atoms with Gasteiger partial charge in [0.2, 0.25) is 11.8 Å². The number of benzene rings is 1. The molecular weight excluding hydrogens is 320 g/mol. The first-order valence-electron chi connectivity index (χ1n) is 8.34. The molecule has 1 N–H and O–H groups in total. The predicted molar refractivity (Wildman–Crippen MR) is 93.2 cm³/mol. The normalized spacial score (nSPS) is 17.0. The van der Waals surface area contributed by atoms with Crippen LogP contribution in [0.3, 0.4) is 0 Å². The zero-order valence-electron chi connectivity index (χ0n) is 14.4. The quantitative estimate of drug-likeness (QED) is 0.865. The molecule has 1 aromatic carbocycles. The first-order valence-corrected chi connectivity index (χ1v) is 8.34. The molecule has 0 aliphatic carbocycles. The van der Waals surface area contributed by atoms with E-state index in [2.05, 4.69) is 10.4 Å². The summed E-state index contributed by atoms with van der Waals surface area (Å²) in [5.74, 6) is 0.297. The summed E-state index contributed by atoms with van der Waals surface area (Å²) >= 11 is 0. The number of nitrogens with one attached hydrogen (secondary N) is 1. The third kappa shape index (κ3) is 3.81. The van der Waals surface area contributed by atoms with Crippen LogP contribution in [0.4, 0.5) is 5.69 Å². The summed E-state index contributed by atoms with van der Waals surface area (Å²) < 4.78 is 6.88. The topological polar surface area (TPSA) is 76.5 Å². The smallest absolute Gasteiger partial charge is 0.227 e. The number of aromatic nitrogens is 2. The van der Waals surface area contributed by atoms with Gasteiger partial charge in [-0.3, -0.25) is 14.3 Å². The van der Waals surface area contributed by atoms with Crippen molar-refractivity contribution in [2.75, 3.05) is 18.6 Å². The van der Waals surface area contributed by atoms with Crippen LogP contribution < -0.4 is 15.0 Å². The lowest BCUT2D eigenvalue weighted by Crippen LogP contribution is -2.32. The molecule has 2 amide bonds. The Morgan fingerprint density at radius 3 is 2.76 bits per heavy atom. The highest BCUT2D eigenvalue weighted by atomic mass is 16.5. The highest BCUT2D eigenvalue weighted by Gasteiger charge is 2.35. The molecule has 0 radical (unpaired) electrons. The molecule has 1 fully saturated rings. The zero-order valence-corrected chi connectivity index (χ0v) is 14.4. The monoisotopic (exact) mass is 342 g/mol. The Balaban J connectivity index is 1.56.